The molecule has 1 N–H and O–H groups in total. The van der Waals surface area contributed by atoms with Gasteiger partial charge in [0, 0.05) is 34.1 Å². The maximum Gasteiger partial charge on any atom is 0.308 e. The number of nitrogens with one attached hydrogen (secondary N) is 1. The van der Waals surface area contributed by atoms with Crippen LogP contribution in [0.15, 0.2) is 58.6 Å². The zero-order valence-corrected chi connectivity index (χ0v) is 19.5. The number of thioether (sulfide) groups is 1. The Balaban J connectivity index is 1.37. The molecule has 7 heteroatoms. The summed E-state index contributed by atoms with van der Waals surface area (Å²) >= 11 is 3.19. The van der Waals surface area contributed by atoms with Crippen LogP contribution in [0.25, 0.3) is 0 Å². The molecule has 0 radical (unpaired) electrons. The van der Waals surface area contributed by atoms with E-state index in [0.29, 0.717) is 17.1 Å². The Morgan fingerprint density at radius 1 is 1.19 bits per heavy atom. The minimum Gasteiger partial charge on any atom is -0.324 e. The summed E-state index contributed by atoms with van der Waals surface area (Å²) in [5, 5.41) is 4.51. The Labute approximate surface area is 195 Å². The van der Waals surface area contributed by atoms with Gasteiger partial charge in [0.25, 0.3) is 0 Å². The SMILES string of the molecule is Cc1ccccc1NC(=O)Cn1c2c(sc1=O)[C@H](c1cccnc1)C1C3CCC(C3)C1S2. The van der Waals surface area contributed by atoms with Crippen molar-refractivity contribution in [3.63, 3.8) is 0 Å². The Morgan fingerprint density at radius 2 is 2.03 bits per heavy atom. The fourth-order valence-corrected chi connectivity index (χ4v) is 9.22. The average Bonchev–Trinajstić information content (AvgIpc) is 3.49. The molecule has 4 unspecified atom stereocenters. The average molecular weight is 464 g/mol. The minimum absolute atomic E-state index is 0.0383. The summed E-state index contributed by atoms with van der Waals surface area (Å²) in [4.78, 5) is 31.5. The first-order valence-electron chi connectivity index (χ1n) is 11.3. The van der Waals surface area contributed by atoms with Gasteiger partial charge < -0.3 is 5.32 Å². The summed E-state index contributed by atoms with van der Waals surface area (Å²) in [6.07, 6.45) is 7.66. The van der Waals surface area contributed by atoms with Gasteiger partial charge in [-0.15, -0.1) is 11.8 Å². The molecule has 5 atom stereocenters. The summed E-state index contributed by atoms with van der Waals surface area (Å²) < 4.78 is 1.71. The van der Waals surface area contributed by atoms with Crippen molar-refractivity contribution in [3.8, 4) is 0 Å². The third-order valence-electron chi connectivity index (χ3n) is 7.46. The molecule has 2 aliphatic carbocycles. The van der Waals surface area contributed by atoms with Crippen LogP contribution in [0.5, 0.6) is 0 Å². The first kappa shape index (κ1) is 20.2. The lowest BCUT2D eigenvalue weighted by Gasteiger charge is -2.40. The Hall–Kier alpha value is -2.38. The van der Waals surface area contributed by atoms with E-state index < -0.39 is 0 Å². The van der Waals surface area contributed by atoms with Gasteiger partial charge in [0.05, 0.1) is 5.03 Å². The van der Waals surface area contributed by atoms with Crippen molar-refractivity contribution >= 4 is 34.7 Å². The molecule has 1 aromatic carbocycles. The fraction of sp³-hybridized carbons (Fsp3) is 0.400. The third-order valence-corrected chi connectivity index (χ3v) is 10.3. The highest BCUT2D eigenvalue weighted by Gasteiger charge is 2.55. The number of benzene rings is 1. The molecule has 2 saturated carbocycles. The number of nitrogens with zero attached hydrogens (tertiary/aromatic N) is 2. The zero-order chi connectivity index (χ0) is 21.8. The number of carbonyl (C=O) groups is 1. The molecule has 2 bridgehead atoms. The molecule has 6 rings (SSSR count). The number of para-hydroxylation sites is 1. The first-order valence-corrected chi connectivity index (χ1v) is 13.0. The molecule has 3 heterocycles. The van der Waals surface area contributed by atoms with Crippen LogP contribution < -0.4 is 10.2 Å². The Kier molecular flexibility index (Phi) is 4.99. The van der Waals surface area contributed by atoms with Crippen LogP contribution in [-0.4, -0.2) is 20.7 Å². The highest BCUT2D eigenvalue weighted by atomic mass is 32.2. The fourth-order valence-electron chi connectivity index (χ4n) is 6.07. The van der Waals surface area contributed by atoms with E-state index in [1.165, 1.54) is 36.2 Å². The number of thiazole rings is 1. The van der Waals surface area contributed by atoms with E-state index in [9.17, 15) is 9.59 Å². The van der Waals surface area contributed by atoms with E-state index in [1.807, 2.05) is 61.4 Å². The minimum atomic E-state index is -0.157. The molecule has 1 aliphatic heterocycles. The van der Waals surface area contributed by atoms with Crippen LogP contribution in [0.3, 0.4) is 0 Å². The summed E-state index contributed by atoms with van der Waals surface area (Å²) in [5.41, 5.74) is 3.01. The quantitative estimate of drug-likeness (QED) is 0.598. The topological polar surface area (TPSA) is 64.0 Å². The van der Waals surface area contributed by atoms with Crippen molar-refractivity contribution in [1.29, 1.82) is 0 Å². The second kappa shape index (κ2) is 7.89. The van der Waals surface area contributed by atoms with Crippen LogP contribution in [-0.2, 0) is 11.3 Å². The van der Waals surface area contributed by atoms with Crippen LogP contribution in [0.1, 0.15) is 41.2 Å². The number of carbonyl (C=O) groups excluding carboxylic acids is 1. The molecule has 0 saturated heterocycles. The Morgan fingerprint density at radius 3 is 2.84 bits per heavy atom. The normalized spacial score (nSPS) is 27.7. The van der Waals surface area contributed by atoms with Gasteiger partial charge in [-0.25, -0.2) is 0 Å². The largest absolute Gasteiger partial charge is 0.324 e. The van der Waals surface area contributed by atoms with Crippen LogP contribution >= 0.6 is 23.1 Å². The second-order valence-corrected chi connectivity index (χ2v) is 11.4. The van der Waals surface area contributed by atoms with E-state index in [1.54, 1.807) is 4.57 Å². The van der Waals surface area contributed by atoms with Crippen molar-refractivity contribution < 1.29 is 4.79 Å². The molecular weight excluding hydrogens is 438 g/mol. The monoisotopic (exact) mass is 463 g/mol. The van der Waals surface area contributed by atoms with E-state index in [-0.39, 0.29) is 23.2 Å². The summed E-state index contributed by atoms with van der Waals surface area (Å²) in [6.45, 7) is 2.02. The van der Waals surface area contributed by atoms with Gasteiger partial charge in [0.15, 0.2) is 0 Å². The van der Waals surface area contributed by atoms with Crippen LogP contribution in [0.4, 0.5) is 5.69 Å². The number of anilines is 1. The summed E-state index contributed by atoms with van der Waals surface area (Å²) in [6, 6.07) is 11.9. The molecule has 0 spiro atoms. The maximum atomic E-state index is 13.1. The standard InChI is InChI=1S/C25H25N3O2S2/c1-14-5-2-3-7-18(14)27-19(29)13-28-24-23(32-25(28)30)21(17-6-4-10-26-12-17)20-15-8-9-16(11-15)22(20)31-24/h2-7,10,12,15-16,20-22H,8-9,11,13H2,1H3,(H,27,29)/t15?,16?,20?,21-,22?/m1/s1. The van der Waals surface area contributed by atoms with Gasteiger partial charge in [-0.05, 0) is 67.2 Å². The summed E-state index contributed by atoms with van der Waals surface area (Å²) in [7, 11) is 0. The molecule has 2 aromatic heterocycles. The lowest BCUT2D eigenvalue weighted by atomic mass is 9.75. The number of rotatable bonds is 4. The predicted molar refractivity (Wildman–Crippen MR) is 128 cm³/mol. The number of amides is 1. The predicted octanol–water partition coefficient (Wildman–Crippen LogP) is 4.90. The third kappa shape index (κ3) is 3.25. The smallest absolute Gasteiger partial charge is 0.308 e. The number of aryl methyl sites for hydroxylation is 1. The molecule has 164 valence electrons. The number of hydrogen-bond donors (Lipinski definition) is 1. The molecule has 3 aromatic rings. The number of fused-ring (bicyclic) bond motifs is 6. The van der Waals surface area contributed by atoms with E-state index >= 15 is 0 Å². The van der Waals surface area contributed by atoms with Crippen LogP contribution in [0.2, 0.25) is 0 Å². The van der Waals surface area contributed by atoms with Gasteiger partial charge in [0.1, 0.15) is 6.54 Å². The highest BCUT2D eigenvalue weighted by molar-refractivity contribution is 8.00. The van der Waals surface area contributed by atoms with Gasteiger partial charge in [-0.3, -0.25) is 19.1 Å². The molecule has 3 aliphatic rings. The molecule has 2 fully saturated rings. The van der Waals surface area contributed by atoms with Gasteiger partial charge in [0.2, 0.25) is 5.91 Å². The van der Waals surface area contributed by atoms with E-state index in [0.717, 1.165) is 27.1 Å². The van der Waals surface area contributed by atoms with Crippen molar-refractivity contribution in [2.24, 2.45) is 17.8 Å². The van der Waals surface area contributed by atoms with Gasteiger partial charge >= 0.3 is 4.87 Å². The van der Waals surface area contributed by atoms with Crippen molar-refractivity contribution in [3.05, 3.63) is 74.5 Å². The molecular formula is C25H25N3O2S2. The molecule has 1 amide bonds. The van der Waals surface area contributed by atoms with E-state index in [2.05, 4.69) is 16.4 Å². The van der Waals surface area contributed by atoms with Crippen molar-refractivity contribution in [2.45, 2.75) is 48.9 Å². The highest BCUT2D eigenvalue weighted by Crippen LogP contribution is 2.63. The number of hydrogen-bond acceptors (Lipinski definition) is 5. The molecule has 5 nitrogen and oxygen atoms in total. The zero-order valence-electron chi connectivity index (χ0n) is 17.9. The van der Waals surface area contributed by atoms with Crippen LogP contribution in [0, 0.1) is 24.7 Å². The maximum absolute atomic E-state index is 13.1. The number of aromatic nitrogens is 2. The number of pyridine rings is 1. The molecule has 32 heavy (non-hydrogen) atoms. The first-order chi connectivity index (χ1) is 15.6. The lowest BCUT2D eigenvalue weighted by Crippen LogP contribution is -2.35. The summed E-state index contributed by atoms with van der Waals surface area (Å²) in [5.74, 6) is 2.05. The van der Waals surface area contributed by atoms with Gasteiger partial charge in [-0.1, -0.05) is 35.6 Å². The second-order valence-electron chi connectivity index (χ2n) is 9.24. The van der Waals surface area contributed by atoms with E-state index in [4.69, 9.17) is 0 Å². The lowest BCUT2D eigenvalue weighted by molar-refractivity contribution is -0.116. The van der Waals surface area contributed by atoms with Gasteiger partial charge in [-0.2, -0.15) is 0 Å². The van der Waals surface area contributed by atoms with Crippen molar-refractivity contribution in [2.75, 3.05) is 5.32 Å². The van der Waals surface area contributed by atoms with Crippen molar-refractivity contribution in [1.82, 2.24) is 9.55 Å². The Bertz CT molecular complexity index is 1240.